The Hall–Kier alpha value is -1.49. The molecule has 1 unspecified atom stereocenters. The van der Waals surface area contributed by atoms with Crippen LogP contribution in [-0.4, -0.2) is 30.8 Å². The number of rotatable bonds is 8. The molecule has 0 saturated carbocycles. The van der Waals surface area contributed by atoms with Gasteiger partial charge < -0.3 is 10.1 Å². The Kier molecular flexibility index (Phi) is 7.90. The van der Waals surface area contributed by atoms with Crippen molar-refractivity contribution < 1.29 is 14.3 Å². The molecule has 0 saturated heterocycles. The molecule has 1 aromatic carbocycles. The van der Waals surface area contributed by atoms with Crippen molar-refractivity contribution >= 4 is 23.6 Å². The largest absolute Gasteiger partial charge is 0.467 e. The summed E-state index contributed by atoms with van der Waals surface area (Å²) in [6.45, 7) is 4.01. The lowest BCUT2D eigenvalue weighted by Crippen LogP contribution is -2.42. The smallest absolute Gasteiger partial charge is 0.328 e. The number of carbonyl (C=O) groups is 2. The Labute approximate surface area is 130 Å². The van der Waals surface area contributed by atoms with Crippen LogP contribution >= 0.6 is 11.8 Å². The first-order chi connectivity index (χ1) is 10.0. The van der Waals surface area contributed by atoms with Crippen LogP contribution in [0, 0.1) is 5.92 Å². The number of ether oxygens (including phenoxy) is 1. The number of nitrogens with one attached hydrogen (secondary N) is 1. The fourth-order valence-electron chi connectivity index (χ4n) is 1.87. The normalized spacial score (nSPS) is 12.0. The molecule has 0 aliphatic heterocycles. The van der Waals surface area contributed by atoms with E-state index in [2.05, 4.69) is 5.32 Å². The lowest BCUT2D eigenvalue weighted by molar-refractivity contribution is -0.145. The quantitative estimate of drug-likeness (QED) is 0.592. The molecule has 4 nitrogen and oxygen atoms in total. The highest BCUT2D eigenvalue weighted by Crippen LogP contribution is 2.17. The Morgan fingerprint density at radius 3 is 2.48 bits per heavy atom. The Balaban J connectivity index is 2.37. The second-order valence-electron chi connectivity index (χ2n) is 5.18. The standard InChI is InChI=1S/C16H23NO3S/c1-12(2)11-14(16(19)20-3)17-15(18)9-10-21-13-7-5-4-6-8-13/h4-8,12,14H,9-11H2,1-3H3,(H,17,18). The van der Waals surface area contributed by atoms with E-state index in [0.717, 1.165) is 4.90 Å². The molecule has 1 N–H and O–H groups in total. The molecule has 1 rings (SSSR count). The molecule has 0 aliphatic carbocycles. The van der Waals surface area contributed by atoms with Gasteiger partial charge in [0, 0.05) is 17.1 Å². The average Bonchev–Trinajstić information content (AvgIpc) is 2.46. The molecule has 0 fully saturated rings. The number of amides is 1. The van der Waals surface area contributed by atoms with Crippen molar-refractivity contribution in [3.05, 3.63) is 30.3 Å². The minimum Gasteiger partial charge on any atom is -0.467 e. The molecular formula is C16H23NO3S. The van der Waals surface area contributed by atoms with Crippen LogP contribution in [0.4, 0.5) is 0 Å². The summed E-state index contributed by atoms with van der Waals surface area (Å²) in [5.74, 6) is 0.501. The fraction of sp³-hybridized carbons (Fsp3) is 0.500. The summed E-state index contributed by atoms with van der Waals surface area (Å²) in [4.78, 5) is 24.7. The van der Waals surface area contributed by atoms with Crippen LogP contribution in [0.25, 0.3) is 0 Å². The maximum atomic E-state index is 11.9. The van der Waals surface area contributed by atoms with E-state index in [4.69, 9.17) is 4.74 Å². The first-order valence-corrected chi connectivity index (χ1v) is 8.06. The fourth-order valence-corrected chi connectivity index (χ4v) is 2.75. The highest BCUT2D eigenvalue weighted by atomic mass is 32.2. The topological polar surface area (TPSA) is 55.4 Å². The molecule has 5 heteroatoms. The summed E-state index contributed by atoms with van der Waals surface area (Å²) >= 11 is 1.63. The third-order valence-electron chi connectivity index (χ3n) is 2.87. The maximum absolute atomic E-state index is 11.9. The van der Waals surface area contributed by atoms with Crippen LogP contribution < -0.4 is 5.32 Å². The minimum absolute atomic E-state index is 0.116. The zero-order chi connectivity index (χ0) is 15.7. The summed E-state index contributed by atoms with van der Waals surface area (Å²) in [5, 5.41) is 2.76. The zero-order valence-corrected chi connectivity index (χ0v) is 13.6. The second kappa shape index (κ2) is 9.45. The third kappa shape index (κ3) is 7.18. The Morgan fingerprint density at radius 1 is 1.24 bits per heavy atom. The predicted molar refractivity (Wildman–Crippen MR) is 85.2 cm³/mol. The van der Waals surface area contributed by atoms with Gasteiger partial charge in [0.05, 0.1) is 7.11 Å². The van der Waals surface area contributed by atoms with Gasteiger partial charge >= 0.3 is 5.97 Å². The van der Waals surface area contributed by atoms with E-state index in [9.17, 15) is 9.59 Å². The van der Waals surface area contributed by atoms with Crippen molar-refractivity contribution in [3.63, 3.8) is 0 Å². The molecule has 0 aliphatic rings. The third-order valence-corrected chi connectivity index (χ3v) is 3.88. The average molecular weight is 309 g/mol. The molecule has 21 heavy (non-hydrogen) atoms. The number of methoxy groups -OCH3 is 1. The van der Waals surface area contributed by atoms with Gasteiger partial charge in [0.1, 0.15) is 6.04 Å². The van der Waals surface area contributed by atoms with Crippen molar-refractivity contribution in [2.75, 3.05) is 12.9 Å². The minimum atomic E-state index is -0.552. The van der Waals surface area contributed by atoms with E-state index in [0.29, 0.717) is 24.5 Å². The van der Waals surface area contributed by atoms with Gasteiger partial charge in [0.2, 0.25) is 5.91 Å². The first-order valence-electron chi connectivity index (χ1n) is 7.08. The number of carbonyl (C=O) groups excluding carboxylic acids is 2. The van der Waals surface area contributed by atoms with Crippen molar-refractivity contribution in [2.45, 2.75) is 37.6 Å². The summed E-state index contributed by atoms with van der Waals surface area (Å²) in [6, 6.07) is 9.38. The first kappa shape index (κ1) is 17.6. The summed E-state index contributed by atoms with van der Waals surface area (Å²) < 4.78 is 4.73. The van der Waals surface area contributed by atoms with Gasteiger partial charge in [-0.15, -0.1) is 11.8 Å². The molecule has 1 atom stereocenters. The van der Waals surface area contributed by atoms with Crippen LogP contribution in [-0.2, 0) is 14.3 Å². The second-order valence-corrected chi connectivity index (χ2v) is 6.35. The molecule has 0 heterocycles. The summed E-state index contributed by atoms with van der Waals surface area (Å²) in [7, 11) is 1.34. The van der Waals surface area contributed by atoms with E-state index in [1.807, 2.05) is 44.2 Å². The highest BCUT2D eigenvalue weighted by Gasteiger charge is 2.22. The van der Waals surface area contributed by atoms with E-state index in [1.54, 1.807) is 11.8 Å². The number of thioether (sulfide) groups is 1. The SMILES string of the molecule is COC(=O)C(CC(C)C)NC(=O)CCSc1ccccc1. The lowest BCUT2D eigenvalue weighted by atomic mass is 10.0. The van der Waals surface area contributed by atoms with Crippen molar-refractivity contribution in [1.82, 2.24) is 5.32 Å². The molecule has 0 bridgehead atoms. The van der Waals surface area contributed by atoms with Crippen LogP contribution in [0.15, 0.2) is 35.2 Å². The van der Waals surface area contributed by atoms with Gasteiger partial charge in [0.25, 0.3) is 0 Å². The molecule has 0 radical (unpaired) electrons. The van der Waals surface area contributed by atoms with E-state index in [1.165, 1.54) is 7.11 Å². The van der Waals surface area contributed by atoms with Gasteiger partial charge in [-0.3, -0.25) is 4.79 Å². The van der Waals surface area contributed by atoms with Crippen molar-refractivity contribution in [3.8, 4) is 0 Å². The molecule has 0 spiro atoms. The molecular weight excluding hydrogens is 286 g/mol. The Bertz CT molecular complexity index is 448. The highest BCUT2D eigenvalue weighted by molar-refractivity contribution is 7.99. The molecule has 1 amide bonds. The van der Waals surface area contributed by atoms with Crippen LogP contribution in [0.2, 0.25) is 0 Å². The van der Waals surface area contributed by atoms with Gasteiger partial charge in [-0.1, -0.05) is 32.0 Å². The van der Waals surface area contributed by atoms with Gasteiger partial charge in [-0.25, -0.2) is 4.79 Å². The summed E-state index contributed by atoms with van der Waals surface area (Å²) in [5.41, 5.74) is 0. The molecule has 0 aromatic heterocycles. The van der Waals surface area contributed by atoms with E-state index in [-0.39, 0.29) is 11.9 Å². The van der Waals surface area contributed by atoms with E-state index < -0.39 is 6.04 Å². The van der Waals surface area contributed by atoms with Crippen LogP contribution in [0.1, 0.15) is 26.7 Å². The van der Waals surface area contributed by atoms with Gasteiger partial charge in [0.15, 0.2) is 0 Å². The van der Waals surface area contributed by atoms with Gasteiger partial charge in [-0.05, 0) is 24.5 Å². The van der Waals surface area contributed by atoms with Crippen LogP contribution in [0.5, 0.6) is 0 Å². The molecule has 1 aromatic rings. The summed E-state index contributed by atoms with van der Waals surface area (Å²) in [6.07, 6.45) is 0.968. The number of benzene rings is 1. The van der Waals surface area contributed by atoms with Crippen LogP contribution in [0.3, 0.4) is 0 Å². The van der Waals surface area contributed by atoms with Gasteiger partial charge in [-0.2, -0.15) is 0 Å². The Morgan fingerprint density at radius 2 is 1.90 bits per heavy atom. The number of hydrogen-bond acceptors (Lipinski definition) is 4. The van der Waals surface area contributed by atoms with E-state index >= 15 is 0 Å². The number of hydrogen-bond donors (Lipinski definition) is 1. The van der Waals surface area contributed by atoms with Crippen molar-refractivity contribution in [2.24, 2.45) is 5.92 Å². The maximum Gasteiger partial charge on any atom is 0.328 e. The monoisotopic (exact) mass is 309 g/mol. The van der Waals surface area contributed by atoms with Crippen molar-refractivity contribution in [1.29, 1.82) is 0 Å². The zero-order valence-electron chi connectivity index (χ0n) is 12.8. The predicted octanol–water partition coefficient (Wildman–Crippen LogP) is 2.87. The molecule has 116 valence electrons. The lowest BCUT2D eigenvalue weighted by Gasteiger charge is -2.18. The number of esters is 1.